The molecule has 2 aromatic rings. The first-order valence-corrected chi connectivity index (χ1v) is 7.93. The van der Waals surface area contributed by atoms with Crippen molar-refractivity contribution in [3.8, 4) is 11.5 Å². The molecule has 2 heterocycles. The minimum absolute atomic E-state index is 0.151. The molecule has 0 radical (unpaired) electrons. The van der Waals surface area contributed by atoms with E-state index in [1.807, 2.05) is 30.3 Å². The number of nitrogens with zero attached hydrogens (tertiary/aromatic N) is 2. The lowest BCUT2D eigenvalue weighted by atomic mass is 10.2. The van der Waals surface area contributed by atoms with Crippen LogP contribution in [0, 0.1) is 0 Å². The van der Waals surface area contributed by atoms with Gasteiger partial charge in [-0.25, -0.2) is 4.98 Å². The van der Waals surface area contributed by atoms with E-state index in [1.54, 1.807) is 30.2 Å². The third-order valence-corrected chi connectivity index (χ3v) is 3.93. The molecule has 1 aromatic carbocycles. The molecular weight excluding hydrogens is 306 g/mol. The summed E-state index contributed by atoms with van der Waals surface area (Å²) in [5.41, 5.74) is 0.211. The molecule has 24 heavy (non-hydrogen) atoms. The number of aromatic nitrogens is 1. The fourth-order valence-corrected chi connectivity index (χ4v) is 2.61. The molecule has 0 unspecified atom stereocenters. The maximum atomic E-state index is 12.9. The quantitative estimate of drug-likeness (QED) is 0.939. The average molecular weight is 325 g/mol. The fourth-order valence-electron chi connectivity index (χ4n) is 2.61. The zero-order valence-electron chi connectivity index (χ0n) is 13.4. The molecule has 0 aliphatic carbocycles. The van der Waals surface area contributed by atoms with Crippen LogP contribution < -0.4 is 10.1 Å². The molecule has 0 bridgehead atoms. The molecule has 1 aliphatic heterocycles. The summed E-state index contributed by atoms with van der Waals surface area (Å²) < 4.78 is 5.80. The number of hydrogen-bond donors (Lipinski definition) is 1. The van der Waals surface area contributed by atoms with Gasteiger partial charge in [-0.05, 0) is 37.6 Å². The normalized spacial score (nSPS) is 17.8. The minimum Gasteiger partial charge on any atom is -0.455 e. The van der Waals surface area contributed by atoms with Crippen LogP contribution in [0.15, 0.2) is 48.7 Å². The number of ether oxygens (including phenoxy) is 1. The summed E-state index contributed by atoms with van der Waals surface area (Å²) in [5.74, 6) is 0.556. The van der Waals surface area contributed by atoms with Gasteiger partial charge in [0.1, 0.15) is 11.8 Å². The van der Waals surface area contributed by atoms with E-state index in [0.29, 0.717) is 31.0 Å². The SMILES string of the molecule is C[C@H]1C(=O)NCCCN1C(=O)c1ncccc1Oc1ccccc1. The maximum absolute atomic E-state index is 12.9. The molecule has 124 valence electrons. The number of benzene rings is 1. The van der Waals surface area contributed by atoms with Crippen LogP contribution in [0.1, 0.15) is 23.8 Å². The highest BCUT2D eigenvalue weighted by atomic mass is 16.5. The summed E-state index contributed by atoms with van der Waals surface area (Å²) >= 11 is 0. The molecule has 6 nitrogen and oxygen atoms in total. The Bertz CT molecular complexity index is 733. The van der Waals surface area contributed by atoms with Crippen molar-refractivity contribution in [1.82, 2.24) is 15.2 Å². The summed E-state index contributed by atoms with van der Waals surface area (Å²) in [7, 11) is 0. The Balaban J connectivity index is 1.88. The molecule has 1 atom stereocenters. The summed E-state index contributed by atoms with van der Waals surface area (Å²) in [6.45, 7) is 2.79. The van der Waals surface area contributed by atoms with E-state index in [2.05, 4.69) is 10.3 Å². The number of amides is 2. The zero-order chi connectivity index (χ0) is 16.9. The molecule has 1 N–H and O–H groups in total. The van der Waals surface area contributed by atoms with Gasteiger partial charge in [0.05, 0.1) is 0 Å². The Morgan fingerprint density at radius 3 is 2.83 bits per heavy atom. The lowest BCUT2D eigenvalue weighted by Crippen LogP contribution is -2.45. The number of pyridine rings is 1. The highest BCUT2D eigenvalue weighted by Crippen LogP contribution is 2.25. The molecule has 2 amide bonds. The largest absolute Gasteiger partial charge is 0.455 e. The minimum atomic E-state index is -0.536. The van der Waals surface area contributed by atoms with Crippen molar-refractivity contribution in [1.29, 1.82) is 0 Å². The average Bonchev–Trinajstić information content (AvgIpc) is 2.77. The van der Waals surface area contributed by atoms with Crippen LogP contribution in [0.5, 0.6) is 11.5 Å². The van der Waals surface area contributed by atoms with Gasteiger partial charge in [0, 0.05) is 19.3 Å². The van der Waals surface area contributed by atoms with E-state index < -0.39 is 6.04 Å². The first-order valence-electron chi connectivity index (χ1n) is 7.93. The Morgan fingerprint density at radius 1 is 1.25 bits per heavy atom. The summed E-state index contributed by atoms with van der Waals surface area (Å²) in [6.07, 6.45) is 2.26. The number of hydrogen-bond acceptors (Lipinski definition) is 4. The van der Waals surface area contributed by atoms with Crippen LogP contribution in [0.4, 0.5) is 0 Å². The third-order valence-electron chi connectivity index (χ3n) is 3.93. The van der Waals surface area contributed by atoms with Crippen molar-refractivity contribution in [3.63, 3.8) is 0 Å². The molecule has 1 saturated heterocycles. The Labute approximate surface area is 140 Å². The Kier molecular flexibility index (Phi) is 4.74. The first-order chi connectivity index (χ1) is 11.7. The summed E-state index contributed by atoms with van der Waals surface area (Å²) in [4.78, 5) is 30.6. The number of nitrogens with one attached hydrogen (secondary N) is 1. The van der Waals surface area contributed by atoms with Crippen LogP contribution in [-0.4, -0.2) is 40.8 Å². The van der Waals surface area contributed by atoms with Crippen molar-refractivity contribution < 1.29 is 14.3 Å². The van der Waals surface area contributed by atoms with Crippen LogP contribution in [-0.2, 0) is 4.79 Å². The van der Waals surface area contributed by atoms with E-state index in [4.69, 9.17) is 4.74 Å². The van der Waals surface area contributed by atoms with Gasteiger partial charge in [0.15, 0.2) is 11.4 Å². The highest BCUT2D eigenvalue weighted by molar-refractivity contribution is 5.98. The van der Waals surface area contributed by atoms with Gasteiger partial charge in [-0.15, -0.1) is 0 Å². The number of carbonyl (C=O) groups excluding carboxylic acids is 2. The van der Waals surface area contributed by atoms with Gasteiger partial charge in [0.25, 0.3) is 5.91 Å². The van der Waals surface area contributed by atoms with E-state index in [0.717, 1.165) is 0 Å². The summed E-state index contributed by atoms with van der Waals surface area (Å²) in [5, 5.41) is 2.80. The van der Waals surface area contributed by atoms with E-state index in [-0.39, 0.29) is 17.5 Å². The Morgan fingerprint density at radius 2 is 2.04 bits per heavy atom. The van der Waals surface area contributed by atoms with Gasteiger partial charge >= 0.3 is 0 Å². The van der Waals surface area contributed by atoms with Crippen molar-refractivity contribution in [2.75, 3.05) is 13.1 Å². The molecule has 6 heteroatoms. The van der Waals surface area contributed by atoms with Gasteiger partial charge in [-0.2, -0.15) is 0 Å². The molecule has 1 fully saturated rings. The Hall–Kier alpha value is -2.89. The number of para-hydroxylation sites is 1. The van der Waals surface area contributed by atoms with Gasteiger partial charge in [-0.3, -0.25) is 9.59 Å². The predicted octanol–water partition coefficient (Wildman–Crippen LogP) is 2.22. The fraction of sp³-hybridized carbons (Fsp3) is 0.278. The number of carbonyl (C=O) groups is 2. The van der Waals surface area contributed by atoms with Crippen LogP contribution in [0.25, 0.3) is 0 Å². The van der Waals surface area contributed by atoms with Crippen LogP contribution in [0.2, 0.25) is 0 Å². The topological polar surface area (TPSA) is 71.5 Å². The molecule has 0 spiro atoms. The van der Waals surface area contributed by atoms with E-state index >= 15 is 0 Å². The zero-order valence-corrected chi connectivity index (χ0v) is 13.4. The molecule has 1 aliphatic rings. The molecule has 1 aromatic heterocycles. The predicted molar refractivity (Wildman–Crippen MR) is 88.9 cm³/mol. The maximum Gasteiger partial charge on any atom is 0.277 e. The van der Waals surface area contributed by atoms with Crippen molar-refractivity contribution in [2.45, 2.75) is 19.4 Å². The highest BCUT2D eigenvalue weighted by Gasteiger charge is 2.30. The van der Waals surface area contributed by atoms with Crippen molar-refractivity contribution >= 4 is 11.8 Å². The van der Waals surface area contributed by atoms with Crippen LogP contribution in [0.3, 0.4) is 0 Å². The lowest BCUT2D eigenvalue weighted by Gasteiger charge is -2.25. The smallest absolute Gasteiger partial charge is 0.277 e. The van der Waals surface area contributed by atoms with E-state index in [9.17, 15) is 9.59 Å². The van der Waals surface area contributed by atoms with Crippen molar-refractivity contribution in [2.24, 2.45) is 0 Å². The molecule has 0 saturated carbocycles. The third kappa shape index (κ3) is 3.37. The second-order valence-electron chi connectivity index (χ2n) is 5.58. The van der Waals surface area contributed by atoms with Gasteiger partial charge < -0.3 is 15.0 Å². The lowest BCUT2D eigenvalue weighted by molar-refractivity contribution is -0.124. The standard InChI is InChI=1S/C18H19N3O3/c1-13-17(22)20-11-6-12-21(13)18(23)16-15(9-5-10-19-16)24-14-7-3-2-4-8-14/h2-5,7-10,13H,6,11-12H2,1H3,(H,20,22)/t13-/m0/s1. The van der Waals surface area contributed by atoms with Gasteiger partial charge in [-0.1, -0.05) is 18.2 Å². The monoisotopic (exact) mass is 325 g/mol. The second kappa shape index (κ2) is 7.12. The van der Waals surface area contributed by atoms with Crippen molar-refractivity contribution in [3.05, 3.63) is 54.4 Å². The molecular formula is C18H19N3O3. The second-order valence-corrected chi connectivity index (χ2v) is 5.58. The first kappa shape index (κ1) is 16.0. The summed E-state index contributed by atoms with van der Waals surface area (Å²) in [6, 6.07) is 12.1. The van der Waals surface area contributed by atoms with Gasteiger partial charge in [0.2, 0.25) is 5.91 Å². The number of rotatable bonds is 3. The van der Waals surface area contributed by atoms with E-state index in [1.165, 1.54) is 0 Å². The molecule has 3 rings (SSSR count). The van der Waals surface area contributed by atoms with Crippen LogP contribution >= 0.6 is 0 Å².